The Balaban J connectivity index is 1.41. The van der Waals surface area contributed by atoms with E-state index >= 15 is 0 Å². The molecule has 4 rings (SSSR count). The van der Waals surface area contributed by atoms with Gasteiger partial charge in [0.1, 0.15) is 11.9 Å². The topological polar surface area (TPSA) is 65.5 Å². The van der Waals surface area contributed by atoms with Crippen LogP contribution in [-0.4, -0.2) is 47.4 Å². The van der Waals surface area contributed by atoms with Gasteiger partial charge < -0.3 is 15.1 Å². The number of anilines is 2. The molecule has 0 spiro atoms. The standard InChI is InChI=1S/C19H22N4O2S/c24-18(15-5-3-11-23(15)19(25)16-6-4-12-26-16)21-14-7-8-17(20-13-14)22-9-1-2-10-22/h4,6-8,12-13,15H,1-3,5,9-11H2,(H,21,24)/t15-/m1/s1. The lowest BCUT2D eigenvalue weighted by molar-refractivity contribution is -0.119. The summed E-state index contributed by atoms with van der Waals surface area (Å²) in [5.41, 5.74) is 0.674. The van der Waals surface area contributed by atoms with Gasteiger partial charge >= 0.3 is 0 Å². The van der Waals surface area contributed by atoms with Crippen LogP contribution in [0.3, 0.4) is 0 Å². The predicted molar refractivity (Wildman–Crippen MR) is 103 cm³/mol. The molecular formula is C19H22N4O2S. The highest BCUT2D eigenvalue weighted by atomic mass is 32.1. The van der Waals surface area contributed by atoms with Crippen LogP contribution in [0.1, 0.15) is 35.4 Å². The fourth-order valence-electron chi connectivity index (χ4n) is 3.64. The maximum Gasteiger partial charge on any atom is 0.264 e. The van der Waals surface area contributed by atoms with E-state index in [9.17, 15) is 9.59 Å². The molecule has 2 aromatic heterocycles. The second-order valence-corrected chi connectivity index (χ2v) is 7.67. The molecule has 0 saturated carbocycles. The smallest absolute Gasteiger partial charge is 0.264 e. The third-order valence-electron chi connectivity index (χ3n) is 4.99. The molecule has 2 aliphatic heterocycles. The molecule has 0 aliphatic carbocycles. The number of amides is 2. The van der Waals surface area contributed by atoms with Crippen molar-refractivity contribution in [2.45, 2.75) is 31.7 Å². The summed E-state index contributed by atoms with van der Waals surface area (Å²) in [6, 6.07) is 7.09. The molecule has 1 atom stereocenters. The van der Waals surface area contributed by atoms with E-state index in [0.717, 1.165) is 25.3 Å². The molecule has 0 radical (unpaired) electrons. The van der Waals surface area contributed by atoms with Crippen molar-refractivity contribution in [3.63, 3.8) is 0 Å². The molecule has 6 nitrogen and oxygen atoms in total. The van der Waals surface area contributed by atoms with Crippen LogP contribution < -0.4 is 10.2 Å². The van der Waals surface area contributed by atoms with Crippen LogP contribution in [0.4, 0.5) is 11.5 Å². The van der Waals surface area contributed by atoms with E-state index < -0.39 is 6.04 Å². The van der Waals surface area contributed by atoms with Gasteiger partial charge in [0.2, 0.25) is 5.91 Å². The highest BCUT2D eigenvalue weighted by molar-refractivity contribution is 7.12. The first-order valence-corrected chi connectivity index (χ1v) is 9.97. The highest BCUT2D eigenvalue weighted by Crippen LogP contribution is 2.24. The largest absolute Gasteiger partial charge is 0.357 e. The minimum Gasteiger partial charge on any atom is -0.357 e. The number of thiophene rings is 1. The van der Waals surface area contributed by atoms with Gasteiger partial charge in [-0.05, 0) is 49.3 Å². The van der Waals surface area contributed by atoms with Crippen LogP contribution in [0, 0.1) is 0 Å². The quantitative estimate of drug-likeness (QED) is 0.899. The number of likely N-dealkylation sites (tertiary alicyclic amines) is 1. The van der Waals surface area contributed by atoms with Crippen LogP contribution >= 0.6 is 11.3 Å². The second-order valence-electron chi connectivity index (χ2n) is 6.72. The second kappa shape index (κ2) is 7.45. The maximum absolute atomic E-state index is 12.7. The predicted octanol–water partition coefficient (Wildman–Crippen LogP) is 2.99. The fourth-order valence-corrected chi connectivity index (χ4v) is 4.32. The van der Waals surface area contributed by atoms with Crippen molar-refractivity contribution >= 4 is 34.7 Å². The lowest BCUT2D eigenvalue weighted by atomic mass is 10.2. The summed E-state index contributed by atoms with van der Waals surface area (Å²) in [6.07, 6.45) is 5.65. The zero-order valence-electron chi connectivity index (χ0n) is 14.6. The number of hydrogen-bond donors (Lipinski definition) is 1. The van der Waals surface area contributed by atoms with Crippen LogP contribution in [0.5, 0.6) is 0 Å². The Kier molecular flexibility index (Phi) is 4.88. The normalized spacial score (nSPS) is 19.8. The van der Waals surface area contributed by atoms with Crippen molar-refractivity contribution in [3.05, 3.63) is 40.7 Å². The van der Waals surface area contributed by atoms with Gasteiger partial charge in [0, 0.05) is 19.6 Å². The molecule has 2 saturated heterocycles. The van der Waals surface area contributed by atoms with E-state index in [2.05, 4.69) is 15.2 Å². The molecule has 2 fully saturated rings. The molecule has 2 aromatic rings. The zero-order chi connectivity index (χ0) is 17.9. The third kappa shape index (κ3) is 3.44. The van der Waals surface area contributed by atoms with Gasteiger partial charge in [0.25, 0.3) is 5.91 Å². The monoisotopic (exact) mass is 370 g/mol. The average molecular weight is 370 g/mol. The average Bonchev–Trinajstić information content (AvgIpc) is 3.44. The summed E-state index contributed by atoms with van der Waals surface area (Å²) in [6.45, 7) is 2.71. The number of carbonyl (C=O) groups is 2. The van der Waals surface area contributed by atoms with Gasteiger partial charge in [-0.3, -0.25) is 9.59 Å². The summed E-state index contributed by atoms with van der Waals surface area (Å²) in [4.78, 5) is 34.4. The molecule has 26 heavy (non-hydrogen) atoms. The molecule has 136 valence electrons. The molecule has 0 aromatic carbocycles. The minimum atomic E-state index is -0.414. The van der Waals surface area contributed by atoms with Gasteiger partial charge in [0.15, 0.2) is 0 Å². The van der Waals surface area contributed by atoms with Crippen molar-refractivity contribution in [2.24, 2.45) is 0 Å². The summed E-state index contributed by atoms with van der Waals surface area (Å²) < 4.78 is 0. The number of carbonyl (C=O) groups excluding carboxylic acids is 2. The molecule has 4 heterocycles. The number of nitrogens with zero attached hydrogens (tertiary/aromatic N) is 3. The van der Waals surface area contributed by atoms with Crippen molar-refractivity contribution < 1.29 is 9.59 Å². The molecule has 2 amide bonds. The molecule has 0 bridgehead atoms. The summed E-state index contributed by atoms with van der Waals surface area (Å²) >= 11 is 1.41. The van der Waals surface area contributed by atoms with Gasteiger partial charge in [-0.25, -0.2) is 4.98 Å². The van der Waals surface area contributed by atoms with Crippen molar-refractivity contribution in [1.82, 2.24) is 9.88 Å². The zero-order valence-corrected chi connectivity index (χ0v) is 15.4. The Bertz CT molecular complexity index is 769. The van der Waals surface area contributed by atoms with E-state index in [0.29, 0.717) is 23.5 Å². The number of aromatic nitrogens is 1. The Hall–Kier alpha value is -2.41. The maximum atomic E-state index is 12.7. The third-order valence-corrected chi connectivity index (χ3v) is 5.85. The number of hydrogen-bond acceptors (Lipinski definition) is 5. The highest BCUT2D eigenvalue weighted by Gasteiger charge is 2.34. The van der Waals surface area contributed by atoms with E-state index in [1.165, 1.54) is 24.2 Å². The van der Waals surface area contributed by atoms with Gasteiger partial charge in [0.05, 0.1) is 16.8 Å². The van der Waals surface area contributed by atoms with E-state index in [1.807, 2.05) is 23.6 Å². The Morgan fingerprint density at radius 1 is 1.12 bits per heavy atom. The number of nitrogens with one attached hydrogen (secondary N) is 1. The van der Waals surface area contributed by atoms with Crippen LogP contribution in [-0.2, 0) is 4.79 Å². The number of rotatable bonds is 4. The van der Waals surface area contributed by atoms with Crippen LogP contribution in [0.2, 0.25) is 0 Å². The Labute approximate surface area is 156 Å². The SMILES string of the molecule is O=C(Nc1ccc(N2CCCC2)nc1)[C@H]1CCCN1C(=O)c1cccs1. The minimum absolute atomic E-state index is 0.0554. The van der Waals surface area contributed by atoms with Crippen LogP contribution in [0.25, 0.3) is 0 Å². The summed E-state index contributed by atoms with van der Waals surface area (Å²) in [5.74, 6) is 0.763. The first kappa shape index (κ1) is 17.0. The molecule has 2 aliphatic rings. The van der Waals surface area contributed by atoms with Crippen molar-refractivity contribution in [1.29, 1.82) is 0 Å². The summed E-state index contributed by atoms with van der Waals surface area (Å²) in [7, 11) is 0. The van der Waals surface area contributed by atoms with E-state index in [4.69, 9.17) is 0 Å². The first-order chi connectivity index (χ1) is 12.7. The van der Waals surface area contributed by atoms with E-state index in [1.54, 1.807) is 17.2 Å². The van der Waals surface area contributed by atoms with Gasteiger partial charge in [-0.2, -0.15) is 0 Å². The van der Waals surface area contributed by atoms with Crippen LogP contribution in [0.15, 0.2) is 35.8 Å². The molecule has 0 unspecified atom stereocenters. The Morgan fingerprint density at radius 3 is 2.65 bits per heavy atom. The van der Waals surface area contributed by atoms with Gasteiger partial charge in [-0.15, -0.1) is 11.3 Å². The number of pyridine rings is 1. The summed E-state index contributed by atoms with van der Waals surface area (Å²) in [5, 5.41) is 4.80. The first-order valence-electron chi connectivity index (χ1n) is 9.09. The Morgan fingerprint density at radius 2 is 1.96 bits per heavy atom. The molecule has 7 heteroatoms. The lowest BCUT2D eigenvalue weighted by Crippen LogP contribution is -2.43. The van der Waals surface area contributed by atoms with Crippen molar-refractivity contribution in [2.75, 3.05) is 29.9 Å². The molecule has 1 N–H and O–H groups in total. The lowest BCUT2D eigenvalue weighted by Gasteiger charge is -2.23. The van der Waals surface area contributed by atoms with E-state index in [-0.39, 0.29) is 11.8 Å². The van der Waals surface area contributed by atoms with Gasteiger partial charge in [-0.1, -0.05) is 6.07 Å². The van der Waals surface area contributed by atoms with Crippen molar-refractivity contribution in [3.8, 4) is 0 Å². The molecular weight excluding hydrogens is 348 g/mol. The fraction of sp³-hybridized carbons (Fsp3) is 0.421.